The number of carbonyl (C=O) groups is 1. The van der Waals surface area contributed by atoms with Crippen molar-refractivity contribution in [2.75, 3.05) is 6.54 Å². The summed E-state index contributed by atoms with van der Waals surface area (Å²) < 4.78 is 0. The normalized spacial score (nSPS) is 23.9. The molecule has 2 nitrogen and oxygen atoms in total. The lowest BCUT2D eigenvalue weighted by Crippen LogP contribution is -2.36. The molecule has 2 heterocycles. The van der Waals surface area contributed by atoms with Crippen molar-refractivity contribution in [3.63, 3.8) is 0 Å². The molecule has 0 saturated carbocycles. The number of halogens is 1. The molecule has 2 aliphatic heterocycles. The summed E-state index contributed by atoms with van der Waals surface area (Å²) in [6, 6.07) is 6.18. The maximum atomic E-state index is 11.8. The van der Waals surface area contributed by atoms with Crippen molar-refractivity contribution < 1.29 is 4.79 Å². The van der Waals surface area contributed by atoms with Crippen LogP contribution in [0.5, 0.6) is 0 Å². The number of nitrogens with zero attached hydrogens (tertiary/aromatic N) is 1. The third kappa shape index (κ3) is 1.36. The van der Waals surface area contributed by atoms with E-state index >= 15 is 0 Å². The summed E-state index contributed by atoms with van der Waals surface area (Å²) >= 11 is 6.00. The first-order valence-corrected chi connectivity index (χ1v) is 5.71. The van der Waals surface area contributed by atoms with Crippen LogP contribution in [-0.2, 0) is 11.2 Å². The van der Waals surface area contributed by atoms with Crippen molar-refractivity contribution in [2.24, 2.45) is 0 Å². The van der Waals surface area contributed by atoms with E-state index in [1.54, 1.807) is 0 Å². The molecular formula is C12H12ClNO. The second-order valence-corrected chi connectivity index (χ2v) is 4.70. The Labute approximate surface area is 93.8 Å². The minimum Gasteiger partial charge on any atom is -0.335 e. The molecule has 3 heteroatoms. The lowest BCUT2D eigenvalue weighted by Gasteiger charge is -2.31. The van der Waals surface area contributed by atoms with Crippen LogP contribution in [0.3, 0.4) is 0 Å². The Morgan fingerprint density at radius 3 is 3.13 bits per heavy atom. The molecule has 1 saturated heterocycles. The predicted molar refractivity (Wildman–Crippen MR) is 58.8 cm³/mol. The topological polar surface area (TPSA) is 20.3 Å². The molecule has 1 fully saturated rings. The van der Waals surface area contributed by atoms with Crippen LogP contribution in [0.25, 0.3) is 0 Å². The Kier molecular flexibility index (Phi) is 1.99. The number of fused-ring (bicyclic) bond motifs is 3. The van der Waals surface area contributed by atoms with Gasteiger partial charge < -0.3 is 4.90 Å². The Bertz CT molecular complexity index is 430. The minimum absolute atomic E-state index is 0.271. The highest BCUT2D eigenvalue weighted by atomic mass is 35.5. The second-order valence-electron chi connectivity index (χ2n) is 4.27. The third-order valence-electron chi connectivity index (χ3n) is 3.38. The van der Waals surface area contributed by atoms with E-state index in [9.17, 15) is 4.79 Å². The van der Waals surface area contributed by atoms with Crippen molar-refractivity contribution in [3.8, 4) is 0 Å². The standard InChI is InChI=1S/C12H12ClNO/c13-9-4-3-8-6-12(15)14-5-1-2-11(14)10(8)7-9/h3-4,7,11H,1-2,5-6H2. The maximum absolute atomic E-state index is 11.8. The molecule has 2 aliphatic rings. The van der Waals surface area contributed by atoms with Crippen molar-refractivity contribution in [1.82, 2.24) is 4.90 Å². The van der Waals surface area contributed by atoms with Crippen LogP contribution in [-0.4, -0.2) is 17.4 Å². The van der Waals surface area contributed by atoms with Crippen LogP contribution in [0.4, 0.5) is 0 Å². The summed E-state index contributed by atoms with van der Waals surface area (Å²) in [6.07, 6.45) is 2.74. The fourth-order valence-corrected chi connectivity index (χ4v) is 2.87. The number of benzene rings is 1. The summed E-state index contributed by atoms with van der Waals surface area (Å²) in [7, 11) is 0. The molecule has 0 aromatic heterocycles. The smallest absolute Gasteiger partial charge is 0.227 e. The largest absolute Gasteiger partial charge is 0.335 e. The monoisotopic (exact) mass is 221 g/mol. The molecule has 78 valence electrons. The fourth-order valence-electron chi connectivity index (χ4n) is 2.69. The summed E-state index contributed by atoms with van der Waals surface area (Å²) in [6.45, 7) is 0.912. The third-order valence-corrected chi connectivity index (χ3v) is 3.62. The molecule has 1 atom stereocenters. The van der Waals surface area contributed by atoms with Crippen LogP contribution in [0, 0.1) is 0 Å². The highest BCUT2D eigenvalue weighted by Crippen LogP contribution is 2.38. The van der Waals surface area contributed by atoms with Crippen LogP contribution >= 0.6 is 11.6 Å². The van der Waals surface area contributed by atoms with E-state index in [0.29, 0.717) is 12.5 Å². The van der Waals surface area contributed by atoms with Gasteiger partial charge in [-0.25, -0.2) is 0 Å². The van der Waals surface area contributed by atoms with Gasteiger partial charge in [0, 0.05) is 11.6 Å². The highest BCUT2D eigenvalue weighted by Gasteiger charge is 2.35. The lowest BCUT2D eigenvalue weighted by atomic mass is 9.92. The van der Waals surface area contributed by atoms with Crippen molar-refractivity contribution >= 4 is 17.5 Å². The van der Waals surface area contributed by atoms with Gasteiger partial charge in [0.15, 0.2) is 0 Å². The van der Waals surface area contributed by atoms with E-state index in [0.717, 1.165) is 30.0 Å². The second kappa shape index (κ2) is 3.24. The number of hydrogen-bond donors (Lipinski definition) is 0. The molecule has 1 aromatic rings. The van der Waals surface area contributed by atoms with Gasteiger partial charge in [0.25, 0.3) is 0 Å². The van der Waals surface area contributed by atoms with Gasteiger partial charge in [0.1, 0.15) is 0 Å². The number of rotatable bonds is 0. The highest BCUT2D eigenvalue weighted by molar-refractivity contribution is 6.30. The van der Waals surface area contributed by atoms with Crippen molar-refractivity contribution in [3.05, 3.63) is 34.3 Å². The first kappa shape index (κ1) is 9.22. The molecule has 0 N–H and O–H groups in total. The first-order valence-electron chi connectivity index (χ1n) is 5.33. The Balaban J connectivity index is 2.12. The van der Waals surface area contributed by atoms with Crippen molar-refractivity contribution in [2.45, 2.75) is 25.3 Å². The Morgan fingerprint density at radius 2 is 2.27 bits per heavy atom. The fraction of sp³-hybridized carbons (Fsp3) is 0.417. The van der Waals surface area contributed by atoms with E-state index in [1.807, 2.05) is 23.1 Å². The molecule has 0 bridgehead atoms. The lowest BCUT2D eigenvalue weighted by molar-refractivity contribution is -0.132. The van der Waals surface area contributed by atoms with Gasteiger partial charge in [0.2, 0.25) is 5.91 Å². The zero-order valence-electron chi connectivity index (χ0n) is 8.37. The maximum Gasteiger partial charge on any atom is 0.227 e. The average molecular weight is 222 g/mol. The molecule has 0 spiro atoms. The number of carbonyl (C=O) groups excluding carboxylic acids is 1. The van der Waals surface area contributed by atoms with E-state index in [-0.39, 0.29) is 5.91 Å². The average Bonchev–Trinajstić information content (AvgIpc) is 2.69. The van der Waals surface area contributed by atoms with Crippen LogP contribution in [0.15, 0.2) is 18.2 Å². The molecule has 3 rings (SSSR count). The van der Waals surface area contributed by atoms with Gasteiger partial charge in [-0.05, 0) is 36.1 Å². The zero-order chi connectivity index (χ0) is 10.4. The Hall–Kier alpha value is -1.02. The van der Waals surface area contributed by atoms with E-state index in [1.165, 1.54) is 5.56 Å². The van der Waals surface area contributed by atoms with Gasteiger partial charge in [0.05, 0.1) is 12.5 Å². The molecule has 15 heavy (non-hydrogen) atoms. The predicted octanol–water partition coefficient (Wildman–Crippen LogP) is 2.56. The van der Waals surface area contributed by atoms with E-state index < -0.39 is 0 Å². The summed E-state index contributed by atoms with van der Waals surface area (Å²) in [4.78, 5) is 13.8. The van der Waals surface area contributed by atoms with Gasteiger partial charge >= 0.3 is 0 Å². The Morgan fingerprint density at radius 1 is 1.40 bits per heavy atom. The molecule has 1 amide bonds. The molecule has 1 aromatic carbocycles. The van der Waals surface area contributed by atoms with Crippen molar-refractivity contribution in [1.29, 1.82) is 0 Å². The molecular weight excluding hydrogens is 210 g/mol. The SMILES string of the molecule is O=C1Cc2ccc(Cl)cc2C2CCCN12. The van der Waals surface area contributed by atoms with Gasteiger partial charge in [-0.3, -0.25) is 4.79 Å². The minimum atomic E-state index is 0.271. The quantitative estimate of drug-likeness (QED) is 0.660. The first-order chi connectivity index (χ1) is 7.25. The molecule has 1 unspecified atom stereocenters. The van der Waals surface area contributed by atoms with Gasteiger partial charge in [-0.1, -0.05) is 17.7 Å². The van der Waals surface area contributed by atoms with E-state index in [4.69, 9.17) is 11.6 Å². The number of amides is 1. The van der Waals surface area contributed by atoms with Gasteiger partial charge in [-0.2, -0.15) is 0 Å². The zero-order valence-corrected chi connectivity index (χ0v) is 9.13. The van der Waals surface area contributed by atoms with Gasteiger partial charge in [-0.15, -0.1) is 0 Å². The van der Waals surface area contributed by atoms with Crippen LogP contribution < -0.4 is 0 Å². The van der Waals surface area contributed by atoms with E-state index in [2.05, 4.69) is 0 Å². The molecule has 0 radical (unpaired) electrons. The summed E-state index contributed by atoms with van der Waals surface area (Å²) in [5.41, 5.74) is 2.42. The summed E-state index contributed by atoms with van der Waals surface area (Å²) in [5, 5.41) is 0.773. The molecule has 0 aliphatic carbocycles. The summed E-state index contributed by atoms with van der Waals surface area (Å²) in [5.74, 6) is 0.271. The number of hydrogen-bond acceptors (Lipinski definition) is 1. The van der Waals surface area contributed by atoms with Crippen LogP contribution in [0.1, 0.15) is 30.0 Å². The van der Waals surface area contributed by atoms with Crippen LogP contribution in [0.2, 0.25) is 5.02 Å².